The van der Waals surface area contributed by atoms with E-state index in [1.165, 1.54) is 25.7 Å². The molecular formula is C24H33NO6S2. The van der Waals surface area contributed by atoms with E-state index in [0.29, 0.717) is 23.7 Å². The lowest BCUT2D eigenvalue weighted by molar-refractivity contribution is -0.146. The molecule has 0 aromatic heterocycles. The maximum absolute atomic E-state index is 12.7. The molecule has 0 unspecified atom stereocenters. The first-order valence-electron chi connectivity index (χ1n) is 11.4. The summed E-state index contributed by atoms with van der Waals surface area (Å²) < 4.78 is 12.0. The second-order valence-electron chi connectivity index (χ2n) is 7.86. The van der Waals surface area contributed by atoms with Crippen LogP contribution in [0.4, 0.5) is 0 Å². The molecular weight excluding hydrogens is 462 g/mol. The van der Waals surface area contributed by atoms with Crippen molar-refractivity contribution < 1.29 is 29.3 Å². The summed E-state index contributed by atoms with van der Waals surface area (Å²) in [6.45, 7) is 5.89. The van der Waals surface area contributed by atoms with Gasteiger partial charge in [-0.25, -0.2) is 4.79 Å². The zero-order valence-electron chi connectivity index (χ0n) is 19.4. The Morgan fingerprint density at radius 1 is 1.21 bits per heavy atom. The van der Waals surface area contributed by atoms with Crippen molar-refractivity contribution in [1.29, 1.82) is 0 Å². The second-order valence-corrected chi connectivity index (χ2v) is 9.53. The van der Waals surface area contributed by atoms with Crippen molar-refractivity contribution in [2.24, 2.45) is 0 Å². The number of carbonyl (C=O) groups is 2. The largest absolute Gasteiger partial charge is 0.490 e. The van der Waals surface area contributed by atoms with Crippen molar-refractivity contribution in [1.82, 2.24) is 4.90 Å². The number of unbranched alkanes of at least 4 members (excludes halogenated alkanes) is 4. The third kappa shape index (κ3) is 7.72. The highest BCUT2D eigenvalue weighted by Crippen LogP contribution is 2.36. The average molecular weight is 496 g/mol. The summed E-state index contributed by atoms with van der Waals surface area (Å²) in [5.41, 5.74) is 0.703. The number of benzene rings is 1. The van der Waals surface area contributed by atoms with Gasteiger partial charge in [0.2, 0.25) is 0 Å². The van der Waals surface area contributed by atoms with Crippen LogP contribution in [0, 0.1) is 0 Å². The number of hydrogen-bond donors (Lipinski definition) is 2. The molecule has 0 saturated carbocycles. The van der Waals surface area contributed by atoms with Crippen LogP contribution in [-0.4, -0.2) is 56.7 Å². The molecule has 1 aromatic rings. The Labute approximate surface area is 205 Å². The number of carbonyl (C=O) groups excluding carboxylic acids is 1. The SMILES string of the molecule is CCCCCCC[C@@H](C)Oc1ccc(/C=C2/SC(=S)N([C@@H](CO)C(=O)O)C2=O)cc1OCC. The van der Waals surface area contributed by atoms with Crippen LogP contribution < -0.4 is 9.47 Å². The van der Waals surface area contributed by atoms with Crippen molar-refractivity contribution in [3.63, 3.8) is 0 Å². The quantitative estimate of drug-likeness (QED) is 0.215. The van der Waals surface area contributed by atoms with Gasteiger partial charge in [0.25, 0.3) is 5.91 Å². The lowest BCUT2D eigenvalue weighted by atomic mass is 10.1. The third-order valence-electron chi connectivity index (χ3n) is 5.20. The maximum atomic E-state index is 12.7. The van der Waals surface area contributed by atoms with Gasteiger partial charge in [0.1, 0.15) is 4.32 Å². The number of aliphatic hydroxyl groups is 1. The Morgan fingerprint density at radius 2 is 1.94 bits per heavy atom. The smallest absolute Gasteiger partial charge is 0.329 e. The molecule has 0 spiro atoms. The van der Waals surface area contributed by atoms with E-state index in [-0.39, 0.29) is 15.3 Å². The Bertz CT molecular complexity index is 873. The van der Waals surface area contributed by atoms with Gasteiger partial charge in [-0.2, -0.15) is 0 Å². The van der Waals surface area contributed by atoms with Crippen molar-refractivity contribution in [3.8, 4) is 11.5 Å². The molecule has 0 bridgehead atoms. The number of carboxylic acids is 1. The van der Waals surface area contributed by atoms with Gasteiger partial charge < -0.3 is 19.7 Å². The van der Waals surface area contributed by atoms with E-state index < -0.39 is 24.5 Å². The highest BCUT2D eigenvalue weighted by atomic mass is 32.2. The number of aliphatic carboxylic acids is 1. The minimum Gasteiger partial charge on any atom is -0.490 e. The molecule has 2 rings (SSSR count). The molecule has 1 heterocycles. The highest BCUT2D eigenvalue weighted by Gasteiger charge is 2.40. The van der Waals surface area contributed by atoms with Gasteiger partial charge >= 0.3 is 5.97 Å². The normalized spacial score (nSPS) is 16.8. The molecule has 2 N–H and O–H groups in total. The first kappa shape index (κ1) is 27.1. The average Bonchev–Trinajstić information content (AvgIpc) is 3.03. The summed E-state index contributed by atoms with van der Waals surface area (Å²) in [6.07, 6.45) is 8.72. The highest BCUT2D eigenvalue weighted by molar-refractivity contribution is 8.26. The second kappa shape index (κ2) is 13.6. The summed E-state index contributed by atoms with van der Waals surface area (Å²) in [5, 5.41) is 18.6. The molecule has 0 aliphatic carbocycles. The lowest BCUT2D eigenvalue weighted by Gasteiger charge is -2.20. The Hall–Kier alpha value is -2.10. The van der Waals surface area contributed by atoms with Gasteiger partial charge in [0.15, 0.2) is 17.5 Å². The number of nitrogens with zero attached hydrogens (tertiary/aromatic N) is 1. The van der Waals surface area contributed by atoms with Crippen molar-refractivity contribution in [2.45, 2.75) is 71.4 Å². The maximum Gasteiger partial charge on any atom is 0.329 e. The summed E-state index contributed by atoms with van der Waals surface area (Å²) in [7, 11) is 0. The number of thiocarbonyl (C=S) groups is 1. The molecule has 1 aromatic carbocycles. The molecule has 33 heavy (non-hydrogen) atoms. The number of ether oxygens (including phenoxy) is 2. The molecule has 1 amide bonds. The topological polar surface area (TPSA) is 96.3 Å². The van der Waals surface area contributed by atoms with Gasteiger partial charge in [-0.1, -0.05) is 62.7 Å². The fraction of sp³-hybridized carbons (Fsp3) is 0.542. The minimum absolute atomic E-state index is 0.0550. The molecule has 1 saturated heterocycles. The van der Waals surface area contributed by atoms with Crippen molar-refractivity contribution in [3.05, 3.63) is 28.7 Å². The predicted molar refractivity (Wildman–Crippen MR) is 135 cm³/mol. The van der Waals surface area contributed by atoms with E-state index in [2.05, 4.69) is 13.8 Å². The van der Waals surface area contributed by atoms with Crippen LogP contribution in [0.15, 0.2) is 23.1 Å². The fourth-order valence-electron chi connectivity index (χ4n) is 3.46. The first-order chi connectivity index (χ1) is 15.8. The summed E-state index contributed by atoms with van der Waals surface area (Å²) in [6, 6.07) is 4.03. The molecule has 1 aliphatic heterocycles. The monoisotopic (exact) mass is 495 g/mol. The van der Waals surface area contributed by atoms with Crippen LogP contribution in [0.25, 0.3) is 6.08 Å². The Balaban J connectivity index is 2.13. The van der Waals surface area contributed by atoms with Crippen LogP contribution in [-0.2, 0) is 9.59 Å². The Morgan fingerprint density at radius 3 is 2.58 bits per heavy atom. The Kier molecular flexibility index (Phi) is 11.2. The number of aliphatic hydroxyl groups excluding tert-OH is 1. The molecule has 1 aliphatic rings. The number of rotatable bonds is 14. The van der Waals surface area contributed by atoms with Crippen LogP contribution in [0.1, 0.15) is 64.9 Å². The molecule has 9 heteroatoms. The van der Waals surface area contributed by atoms with Crippen LogP contribution in [0.3, 0.4) is 0 Å². The van der Waals surface area contributed by atoms with Crippen molar-refractivity contribution in [2.75, 3.05) is 13.2 Å². The number of amides is 1. The summed E-state index contributed by atoms with van der Waals surface area (Å²) in [5.74, 6) is -0.622. The van der Waals surface area contributed by atoms with Gasteiger partial charge in [-0.05, 0) is 50.5 Å². The molecule has 182 valence electrons. The van der Waals surface area contributed by atoms with E-state index in [1.807, 2.05) is 19.1 Å². The van der Waals surface area contributed by atoms with Gasteiger partial charge in [-0.15, -0.1) is 0 Å². The first-order valence-corrected chi connectivity index (χ1v) is 12.6. The van der Waals surface area contributed by atoms with Crippen molar-refractivity contribution >= 4 is 46.3 Å². The molecule has 0 radical (unpaired) electrons. The molecule has 2 atom stereocenters. The standard InChI is InChI=1S/C24H33NO6S2/c1-4-6-7-8-9-10-16(3)31-19-12-11-17(13-20(19)30-5-2)14-21-22(27)25(24(32)33-21)18(15-26)23(28)29/h11-14,16,18,26H,4-10,15H2,1-3H3,(H,28,29)/b21-14+/t16-,18+/m1/s1. The number of thioether (sulfide) groups is 1. The molecule has 1 fully saturated rings. The van der Waals surface area contributed by atoms with Gasteiger partial charge in [-0.3, -0.25) is 9.69 Å². The van der Waals surface area contributed by atoms with Crippen LogP contribution >= 0.6 is 24.0 Å². The lowest BCUT2D eigenvalue weighted by Crippen LogP contribution is -2.46. The number of carboxylic acid groups (broad SMARTS) is 1. The zero-order valence-corrected chi connectivity index (χ0v) is 21.0. The van der Waals surface area contributed by atoms with E-state index in [1.54, 1.807) is 12.1 Å². The van der Waals surface area contributed by atoms with E-state index >= 15 is 0 Å². The van der Waals surface area contributed by atoms with E-state index in [9.17, 15) is 19.8 Å². The number of hydrogen-bond acceptors (Lipinski definition) is 7. The van der Waals surface area contributed by atoms with E-state index in [4.69, 9.17) is 21.7 Å². The van der Waals surface area contributed by atoms with Crippen LogP contribution in [0.2, 0.25) is 0 Å². The fourth-order valence-corrected chi connectivity index (χ4v) is 4.82. The predicted octanol–water partition coefficient (Wildman–Crippen LogP) is 4.86. The minimum atomic E-state index is -1.40. The van der Waals surface area contributed by atoms with Crippen LogP contribution in [0.5, 0.6) is 11.5 Å². The van der Waals surface area contributed by atoms with Gasteiger partial charge in [0.05, 0.1) is 24.2 Å². The summed E-state index contributed by atoms with van der Waals surface area (Å²) in [4.78, 5) is 25.3. The van der Waals surface area contributed by atoms with E-state index in [0.717, 1.165) is 29.5 Å². The third-order valence-corrected chi connectivity index (χ3v) is 6.53. The zero-order chi connectivity index (χ0) is 24.4. The summed E-state index contributed by atoms with van der Waals surface area (Å²) >= 11 is 6.18. The van der Waals surface area contributed by atoms with Gasteiger partial charge in [0, 0.05) is 0 Å². The molecule has 7 nitrogen and oxygen atoms in total.